The van der Waals surface area contributed by atoms with E-state index in [0.717, 1.165) is 10.9 Å². The average Bonchev–Trinajstić information content (AvgIpc) is 2.56. The average molecular weight is 428 g/mol. The molecule has 0 saturated heterocycles. The van der Waals surface area contributed by atoms with Crippen molar-refractivity contribution in [1.82, 2.24) is 4.98 Å². The first-order valence-corrected chi connectivity index (χ1v) is 9.47. The van der Waals surface area contributed by atoms with Gasteiger partial charge in [0.2, 0.25) is 0 Å². The fraction of sp³-hybridized carbons (Fsp3) is 0.0625. The predicted molar refractivity (Wildman–Crippen MR) is 98.3 cm³/mol. The number of anilines is 1. The van der Waals surface area contributed by atoms with Crippen molar-refractivity contribution in [3.63, 3.8) is 0 Å². The van der Waals surface area contributed by atoms with E-state index in [2.05, 4.69) is 25.6 Å². The number of ether oxygens (including phenoxy) is 1. The van der Waals surface area contributed by atoms with Gasteiger partial charge in [0.1, 0.15) is 4.90 Å². The lowest BCUT2D eigenvalue weighted by molar-refractivity contribution is 0.400. The molecule has 24 heavy (non-hydrogen) atoms. The van der Waals surface area contributed by atoms with Crippen LogP contribution in [0.15, 0.2) is 58.0 Å². The molecule has 0 radical (unpaired) electrons. The molecule has 5 nitrogen and oxygen atoms in total. The monoisotopic (exact) mass is 426 g/mol. The molecule has 1 N–H and O–H groups in total. The highest BCUT2D eigenvalue weighted by atomic mass is 79.9. The predicted octanol–water partition coefficient (Wildman–Crippen LogP) is 4.46. The van der Waals surface area contributed by atoms with Crippen LogP contribution in [-0.2, 0) is 10.0 Å². The van der Waals surface area contributed by atoms with Crippen molar-refractivity contribution >= 4 is 54.1 Å². The second-order valence-electron chi connectivity index (χ2n) is 4.91. The number of hydrogen-bond donors (Lipinski definition) is 1. The van der Waals surface area contributed by atoms with E-state index in [4.69, 9.17) is 16.3 Å². The van der Waals surface area contributed by atoms with E-state index < -0.39 is 10.0 Å². The molecular formula is C16H12BrClN2O3S. The molecular weight excluding hydrogens is 416 g/mol. The summed E-state index contributed by atoms with van der Waals surface area (Å²) in [5.41, 5.74) is 1.15. The Kier molecular flexibility index (Phi) is 4.67. The first-order valence-electron chi connectivity index (χ1n) is 6.82. The van der Waals surface area contributed by atoms with Crippen LogP contribution >= 0.6 is 27.5 Å². The molecule has 0 fully saturated rings. The third kappa shape index (κ3) is 3.19. The van der Waals surface area contributed by atoms with Gasteiger partial charge in [-0.2, -0.15) is 0 Å². The van der Waals surface area contributed by atoms with E-state index in [9.17, 15) is 8.42 Å². The summed E-state index contributed by atoms with van der Waals surface area (Å²) >= 11 is 9.23. The third-order valence-corrected chi connectivity index (χ3v) is 6.09. The molecule has 0 unspecified atom stereocenters. The lowest BCUT2D eigenvalue weighted by Crippen LogP contribution is -2.14. The minimum atomic E-state index is -3.87. The number of para-hydroxylation sites is 1. The van der Waals surface area contributed by atoms with Crippen molar-refractivity contribution in [2.24, 2.45) is 0 Å². The van der Waals surface area contributed by atoms with Crippen LogP contribution in [0.2, 0.25) is 5.02 Å². The topological polar surface area (TPSA) is 68.3 Å². The van der Waals surface area contributed by atoms with E-state index in [1.807, 2.05) is 24.3 Å². The zero-order chi connectivity index (χ0) is 17.3. The maximum atomic E-state index is 12.7. The van der Waals surface area contributed by atoms with E-state index >= 15 is 0 Å². The van der Waals surface area contributed by atoms with Gasteiger partial charge in [0.15, 0.2) is 5.75 Å². The largest absolute Gasteiger partial charge is 0.494 e. The summed E-state index contributed by atoms with van der Waals surface area (Å²) in [6.07, 6.45) is 1.47. The lowest BCUT2D eigenvalue weighted by atomic mass is 10.2. The van der Waals surface area contributed by atoms with Gasteiger partial charge >= 0.3 is 0 Å². The molecule has 0 aliphatic carbocycles. The molecule has 124 valence electrons. The number of hydrogen-bond acceptors (Lipinski definition) is 4. The maximum Gasteiger partial charge on any atom is 0.265 e. The number of pyridine rings is 1. The van der Waals surface area contributed by atoms with Gasteiger partial charge in [0.25, 0.3) is 10.0 Å². The van der Waals surface area contributed by atoms with Gasteiger partial charge in [-0.1, -0.05) is 29.8 Å². The van der Waals surface area contributed by atoms with Crippen molar-refractivity contribution in [2.75, 3.05) is 11.8 Å². The van der Waals surface area contributed by atoms with Gasteiger partial charge in [0, 0.05) is 5.39 Å². The first-order chi connectivity index (χ1) is 11.4. The fourth-order valence-corrected chi connectivity index (χ4v) is 4.25. The van der Waals surface area contributed by atoms with Crippen LogP contribution < -0.4 is 9.46 Å². The number of fused-ring (bicyclic) bond motifs is 1. The van der Waals surface area contributed by atoms with Crippen LogP contribution in [0.1, 0.15) is 0 Å². The van der Waals surface area contributed by atoms with Crippen molar-refractivity contribution in [1.29, 1.82) is 0 Å². The molecule has 8 heteroatoms. The number of rotatable bonds is 4. The van der Waals surface area contributed by atoms with E-state index in [1.165, 1.54) is 25.4 Å². The fourth-order valence-electron chi connectivity index (χ4n) is 2.25. The van der Waals surface area contributed by atoms with E-state index in [1.54, 1.807) is 6.07 Å². The lowest BCUT2D eigenvalue weighted by Gasteiger charge is -2.13. The minimum Gasteiger partial charge on any atom is -0.494 e. The molecule has 3 aromatic rings. The van der Waals surface area contributed by atoms with Crippen molar-refractivity contribution in [3.8, 4) is 5.75 Å². The molecule has 0 aliphatic heterocycles. The number of nitrogens with zero attached hydrogens (tertiary/aromatic N) is 1. The van der Waals surface area contributed by atoms with Crippen molar-refractivity contribution < 1.29 is 13.2 Å². The zero-order valence-corrected chi connectivity index (χ0v) is 15.6. The van der Waals surface area contributed by atoms with Gasteiger partial charge < -0.3 is 4.74 Å². The Hall–Kier alpha value is -1.83. The van der Waals surface area contributed by atoms with Gasteiger partial charge in [-0.15, -0.1) is 0 Å². The SMILES string of the molecule is COc1c(S(=O)(=O)Nc2cnc3ccccc3c2)ccc(Cl)c1Br. The van der Waals surface area contributed by atoms with Crippen molar-refractivity contribution in [3.05, 3.63) is 58.2 Å². The number of aromatic nitrogens is 1. The Bertz CT molecular complexity index is 1030. The van der Waals surface area contributed by atoms with E-state index in [0.29, 0.717) is 15.2 Å². The minimum absolute atomic E-state index is 0.0190. The summed E-state index contributed by atoms with van der Waals surface area (Å²) in [4.78, 5) is 4.23. The summed E-state index contributed by atoms with van der Waals surface area (Å²) in [5, 5.41) is 1.19. The number of halogens is 2. The highest BCUT2D eigenvalue weighted by Gasteiger charge is 2.23. The summed E-state index contributed by atoms with van der Waals surface area (Å²) in [5.74, 6) is 0.142. The van der Waals surface area contributed by atoms with Crippen LogP contribution in [0.4, 0.5) is 5.69 Å². The summed E-state index contributed by atoms with van der Waals surface area (Å²) in [6, 6.07) is 12.0. The molecule has 0 atom stereocenters. The van der Waals surface area contributed by atoms with Gasteiger partial charge in [-0.3, -0.25) is 9.71 Å². The number of methoxy groups -OCH3 is 1. The van der Waals surface area contributed by atoms with Crippen LogP contribution in [0, 0.1) is 0 Å². The Labute approximate surface area is 152 Å². The quantitative estimate of drug-likeness (QED) is 0.667. The smallest absolute Gasteiger partial charge is 0.265 e. The highest BCUT2D eigenvalue weighted by molar-refractivity contribution is 9.10. The number of sulfonamides is 1. The molecule has 0 saturated carbocycles. The Balaban J connectivity index is 2.03. The summed E-state index contributed by atoms with van der Waals surface area (Å²) in [7, 11) is -2.49. The number of nitrogens with one attached hydrogen (secondary N) is 1. The second kappa shape index (κ2) is 6.58. The Morgan fingerprint density at radius 2 is 1.96 bits per heavy atom. The highest BCUT2D eigenvalue weighted by Crippen LogP contribution is 2.38. The zero-order valence-electron chi connectivity index (χ0n) is 12.5. The molecule has 0 aliphatic rings. The molecule has 0 spiro atoms. The molecule has 0 amide bonds. The van der Waals surface area contributed by atoms with Crippen LogP contribution in [0.5, 0.6) is 5.75 Å². The molecule has 1 aromatic heterocycles. The molecule has 1 heterocycles. The van der Waals surface area contributed by atoms with Gasteiger partial charge in [-0.05, 0) is 40.2 Å². The van der Waals surface area contributed by atoms with Crippen LogP contribution in [-0.4, -0.2) is 20.5 Å². The second-order valence-corrected chi connectivity index (χ2v) is 7.77. The summed E-state index contributed by atoms with van der Waals surface area (Å²) < 4.78 is 33.5. The third-order valence-electron chi connectivity index (χ3n) is 3.35. The normalized spacial score (nSPS) is 11.5. The molecule has 2 aromatic carbocycles. The Morgan fingerprint density at radius 3 is 2.71 bits per heavy atom. The van der Waals surface area contributed by atoms with Gasteiger partial charge in [-0.25, -0.2) is 8.42 Å². The van der Waals surface area contributed by atoms with Crippen molar-refractivity contribution in [2.45, 2.75) is 4.90 Å². The summed E-state index contributed by atoms with van der Waals surface area (Å²) in [6.45, 7) is 0. The van der Waals surface area contributed by atoms with Gasteiger partial charge in [0.05, 0.1) is 34.0 Å². The number of benzene rings is 2. The van der Waals surface area contributed by atoms with Crippen LogP contribution in [0.25, 0.3) is 10.9 Å². The van der Waals surface area contributed by atoms with Crippen LogP contribution in [0.3, 0.4) is 0 Å². The standard InChI is InChI=1S/C16H12BrClN2O3S/c1-23-16-14(7-6-12(18)15(16)17)24(21,22)20-11-8-10-4-2-3-5-13(10)19-9-11/h2-9,20H,1H3. The first kappa shape index (κ1) is 17.0. The molecule has 3 rings (SSSR count). The van der Waals surface area contributed by atoms with E-state index in [-0.39, 0.29) is 10.6 Å². The Morgan fingerprint density at radius 1 is 1.21 bits per heavy atom. The maximum absolute atomic E-state index is 12.7. The molecule has 0 bridgehead atoms.